The zero-order valence-corrected chi connectivity index (χ0v) is 7.60. The third-order valence-corrected chi connectivity index (χ3v) is 2.49. The van der Waals surface area contributed by atoms with Crippen molar-refractivity contribution < 1.29 is 4.74 Å². The molecule has 3 heterocycles. The quantitative estimate of drug-likeness (QED) is 0.734. The predicted molar refractivity (Wildman–Crippen MR) is 49.6 cm³/mol. The molecule has 1 atom stereocenters. The van der Waals surface area contributed by atoms with E-state index < -0.39 is 0 Å². The van der Waals surface area contributed by atoms with E-state index in [1.165, 1.54) is 0 Å². The van der Waals surface area contributed by atoms with Gasteiger partial charge in [-0.05, 0) is 12.8 Å². The maximum absolute atomic E-state index is 5.58. The molecule has 0 spiro atoms. The Morgan fingerprint density at radius 1 is 1.36 bits per heavy atom. The molecule has 2 aromatic rings. The Kier molecular flexibility index (Phi) is 1.70. The molecule has 1 unspecified atom stereocenters. The van der Waals surface area contributed by atoms with E-state index in [-0.39, 0.29) is 6.10 Å². The molecule has 72 valence electrons. The van der Waals surface area contributed by atoms with Crippen LogP contribution in [0.5, 0.6) is 0 Å². The van der Waals surface area contributed by atoms with Crippen LogP contribution in [0.3, 0.4) is 0 Å². The standard InChI is InChI=1S/C9H10N4O/c1-2-6(14-3-1)7-8-9(12-4-10-7)13-5-11-8/h4-6H,1-3H2,(H,10,11,12,13). The SMILES string of the molecule is c1nc(C2CCCO2)c2[nH]cnc2n1. The summed E-state index contributed by atoms with van der Waals surface area (Å²) < 4.78 is 5.58. The molecule has 5 heteroatoms. The van der Waals surface area contributed by atoms with E-state index in [9.17, 15) is 0 Å². The van der Waals surface area contributed by atoms with E-state index in [1.54, 1.807) is 12.7 Å². The van der Waals surface area contributed by atoms with Crippen LogP contribution in [0, 0.1) is 0 Å². The van der Waals surface area contributed by atoms with E-state index >= 15 is 0 Å². The number of H-pyrrole nitrogens is 1. The molecular weight excluding hydrogens is 180 g/mol. The maximum Gasteiger partial charge on any atom is 0.180 e. The summed E-state index contributed by atoms with van der Waals surface area (Å²) in [6, 6.07) is 0. The number of aromatic nitrogens is 4. The first-order chi connectivity index (χ1) is 6.95. The average Bonchev–Trinajstić information content (AvgIpc) is 2.88. The molecule has 1 N–H and O–H groups in total. The van der Waals surface area contributed by atoms with Gasteiger partial charge in [0, 0.05) is 6.61 Å². The van der Waals surface area contributed by atoms with Crippen molar-refractivity contribution in [2.45, 2.75) is 18.9 Å². The second-order valence-corrected chi connectivity index (χ2v) is 3.36. The van der Waals surface area contributed by atoms with Gasteiger partial charge in [-0.1, -0.05) is 0 Å². The van der Waals surface area contributed by atoms with Crippen LogP contribution in [0.15, 0.2) is 12.7 Å². The summed E-state index contributed by atoms with van der Waals surface area (Å²) in [4.78, 5) is 15.5. The molecule has 5 nitrogen and oxygen atoms in total. The summed E-state index contributed by atoms with van der Waals surface area (Å²) >= 11 is 0. The minimum atomic E-state index is 0.112. The van der Waals surface area contributed by atoms with Gasteiger partial charge in [-0.25, -0.2) is 15.0 Å². The van der Waals surface area contributed by atoms with Crippen molar-refractivity contribution in [2.24, 2.45) is 0 Å². The van der Waals surface area contributed by atoms with Crippen molar-refractivity contribution in [2.75, 3.05) is 6.61 Å². The number of imidazole rings is 1. The van der Waals surface area contributed by atoms with Gasteiger partial charge in [0.05, 0.1) is 12.0 Å². The highest BCUT2D eigenvalue weighted by molar-refractivity contribution is 5.72. The van der Waals surface area contributed by atoms with Crippen LogP contribution in [-0.4, -0.2) is 26.5 Å². The molecule has 1 saturated heterocycles. The van der Waals surface area contributed by atoms with Crippen LogP contribution in [-0.2, 0) is 4.74 Å². The van der Waals surface area contributed by atoms with Gasteiger partial charge >= 0.3 is 0 Å². The normalized spacial score (nSPS) is 21.9. The minimum Gasteiger partial charge on any atom is -0.372 e. The highest BCUT2D eigenvalue weighted by Gasteiger charge is 2.22. The maximum atomic E-state index is 5.58. The summed E-state index contributed by atoms with van der Waals surface area (Å²) in [7, 11) is 0. The van der Waals surface area contributed by atoms with Crippen LogP contribution in [0.4, 0.5) is 0 Å². The molecule has 1 aliphatic rings. The Morgan fingerprint density at radius 3 is 3.21 bits per heavy atom. The third kappa shape index (κ3) is 1.09. The largest absolute Gasteiger partial charge is 0.372 e. The molecule has 0 saturated carbocycles. The lowest BCUT2D eigenvalue weighted by atomic mass is 10.1. The lowest BCUT2D eigenvalue weighted by Crippen LogP contribution is -2.01. The molecular formula is C9H10N4O. The minimum absolute atomic E-state index is 0.112. The molecule has 0 aromatic carbocycles. The van der Waals surface area contributed by atoms with E-state index in [0.29, 0.717) is 5.65 Å². The van der Waals surface area contributed by atoms with E-state index in [0.717, 1.165) is 30.7 Å². The lowest BCUT2D eigenvalue weighted by molar-refractivity contribution is 0.109. The first kappa shape index (κ1) is 7.87. The molecule has 14 heavy (non-hydrogen) atoms. The van der Waals surface area contributed by atoms with Gasteiger partial charge < -0.3 is 9.72 Å². The zero-order chi connectivity index (χ0) is 9.38. The Hall–Kier alpha value is -1.49. The summed E-state index contributed by atoms with van der Waals surface area (Å²) in [5, 5.41) is 0. The Bertz CT molecular complexity index is 447. The van der Waals surface area contributed by atoms with Gasteiger partial charge in [-0.3, -0.25) is 0 Å². The number of hydrogen-bond donors (Lipinski definition) is 1. The van der Waals surface area contributed by atoms with Gasteiger partial charge in [-0.2, -0.15) is 0 Å². The Morgan fingerprint density at radius 2 is 2.36 bits per heavy atom. The molecule has 3 rings (SSSR count). The number of aromatic amines is 1. The molecule has 1 aliphatic heterocycles. The van der Waals surface area contributed by atoms with E-state index in [2.05, 4.69) is 19.9 Å². The monoisotopic (exact) mass is 190 g/mol. The third-order valence-electron chi connectivity index (χ3n) is 2.49. The van der Waals surface area contributed by atoms with Crippen molar-refractivity contribution in [3.8, 4) is 0 Å². The van der Waals surface area contributed by atoms with Crippen LogP contribution in [0.2, 0.25) is 0 Å². The summed E-state index contributed by atoms with van der Waals surface area (Å²) in [6.07, 6.45) is 5.42. The van der Waals surface area contributed by atoms with Gasteiger partial charge in [0.1, 0.15) is 17.9 Å². The van der Waals surface area contributed by atoms with Crippen LogP contribution < -0.4 is 0 Å². The van der Waals surface area contributed by atoms with Crippen molar-refractivity contribution in [1.29, 1.82) is 0 Å². The Labute approximate surface area is 80.5 Å². The first-order valence-electron chi connectivity index (χ1n) is 4.71. The van der Waals surface area contributed by atoms with Crippen molar-refractivity contribution in [1.82, 2.24) is 19.9 Å². The second kappa shape index (κ2) is 3.02. The predicted octanol–water partition coefficient (Wildman–Crippen LogP) is 1.20. The fourth-order valence-electron chi connectivity index (χ4n) is 1.82. The number of nitrogens with one attached hydrogen (secondary N) is 1. The smallest absolute Gasteiger partial charge is 0.180 e. The van der Waals surface area contributed by atoms with Gasteiger partial charge in [-0.15, -0.1) is 0 Å². The molecule has 1 fully saturated rings. The zero-order valence-electron chi connectivity index (χ0n) is 7.60. The summed E-state index contributed by atoms with van der Waals surface area (Å²) in [6.45, 7) is 0.824. The summed E-state index contributed by atoms with van der Waals surface area (Å²) in [5.74, 6) is 0. The van der Waals surface area contributed by atoms with Gasteiger partial charge in [0.25, 0.3) is 0 Å². The highest BCUT2D eigenvalue weighted by Crippen LogP contribution is 2.29. The summed E-state index contributed by atoms with van der Waals surface area (Å²) in [5.41, 5.74) is 2.55. The molecule has 0 aliphatic carbocycles. The van der Waals surface area contributed by atoms with E-state index in [4.69, 9.17) is 4.74 Å². The highest BCUT2D eigenvalue weighted by atomic mass is 16.5. The van der Waals surface area contributed by atoms with Crippen molar-refractivity contribution >= 4 is 11.2 Å². The second-order valence-electron chi connectivity index (χ2n) is 3.36. The topological polar surface area (TPSA) is 63.7 Å². The molecule has 0 bridgehead atoms. The fraction of sp³-hybridized carbons (Fsp3) is 0.444. The van der Waals surface area contributed by atoms with Gasteiger partial charge in [0.2, 0.25) is 0 Å². The molecule has 0 radical (unpaired) electrons. The number of rotatable bonds is 1. The number of fused-ring (bicyclic) bond motifs is 1. The fourth-order valence-corrected chi connectivity index (χ4v) is 1.82. The number of nitrogens with zero attached hydrogens (tertiary/aromatic N) is 3. The van der Waals surface area contributed by atoms with Crippen LogP contribution in [0.25, 0.3) is 11.2 Å². The average molecular weight is 190 g/mol. The van der Waals surface area contributed by atoms with Crippen molar-refractivity contribution in [3.05, 3.63) is 18.3 Å². The first-order valence-corrected chi connectivity index (χ1v) is 4.71. The number of ether oxygens (including phenoxy) is 1. The van der Waals surface area contributed by atoms with Crippen molar-refractivity contribution in [3.63, 3.8) is 0 Å². The van der Waals surface area contributed by atoms with Gasteiger partial charge in [0.15, 0.2) is 5.65 Å². The Balaban J connectivity index is 2.14. The van der Waals surface area contributed by atoms with Crippen LogP contribution in [0.1, 0.15) is 24.6 Å². The number of hydrogen-bond acceptors (Lipinski definition) is 4. The van der Waals surface area contributed by atoms with E-state index in [1.807, 2.05) is 0 Å². The molecule has 0 amide bonds. The van der Waals surface area contributed by atoms with Crippen LogP contribution >= 0.6 is 0 Å². The lowest BCUT2D eigenvalue weighted by Gasteiger charge is -2.07. The molecule has 2 aromatic heterocycles.